The first kappa shape index (κ1) is 45.9. The van der Waals surface area contributed by atoms with Crippen molar-refractivity contribution in [1.29, 1.82) is 0 Å². The van der Waals surface area contributed by atoms with Crippen molar-refractivity contribution in [3.8, 4) is 78.1 Å². The van der Waals surface area contributed by atoms with Crippen LogP contribution in [0, 0.1) is 0 Å². The molecule has 0 atom stereocenters. The molecule has 0 spiro atoms. The molecule has 0 saturated carbocycles. The lowest BCUT2D eigenvalue weighted by molar-refractivity contribution is 0.591. The lowest BCUT2D eigenvalue weighted by atomic mass is 9.33. The van der Waals surface area contributed by atoms with Crippen molar-refractivity contribution in [2.45, 2.75) is 26.2 Å². The summed E-state index contributed by atoms with van der Waals surface area (Å²) in [5.74, 6) is 0. The highest BCUT2D eigenvalue weighted by molar-refractivity contribution is 7.00. The molecule has 5 heteroatoms. The van der Waals surface area contributed by atoms with Gasteiger partial charge in [-0.15, -0.1) is 0 Å². The molecule has 466 valence electrons. The van der Waals surface area contributed by atoms with E-state index in [4.69, 9.17) is 6.85 Å². The second kappa shape index (κ2) is 23.2. The molecule has 2 aromatic heterocycles. The molecule has 0 bridgehead atoms. The summed E-state index contributed by atoms with van der Waals surface area (Å²) in [6.07, 6.45) is 0. The SMILES string of the molecule is [2H]c1c([2H])c([2H])c(-c2ccc3c(c2)N(c2cc(-c4ccccc4)cc(-c4ccccc4)c2)c2cc(-c4cccc5c4c4ccccc4n5-c4ccccc4)cc4c2B3c2ccc(-n3c5c([2H])c([2H])c([2H])c([2H])c5c5c([2H])c([2H])c([2H])c([2H])c53)cc2N4c2c(-c3ccccc3)cc(C(C)(C)C)cc2-c2ccccc2)c([2H])c1[2H]. The van der Waals surface area contributed by atoms with Crippen molar-refractivity contribution in [2.75, 3.05) is 9.80 Å². The summed E-state index contributed by atoms with van der Waals surface area (Å²) in [7, 11) is 0. The minimum absolute atomic E-state index is 0.0287. The zero-order valence-electron chi connectivity index (χ0n) is 67.3. The van der Waals surface area contributed by atoms with Crippen molar-refractivity contribution < 1.29 is 17.8 Å². The van der Waals surface area contributed by atoms with Gasteiger partial charge in [0.2, 0.25) is 0 Å². The van der Waals surface area contributed by atoms with Crippen LogP contribution in [0.4, 0.5) is 34.1 Å². The fraction of sp³-hybridized carbons (Fsp3) is 0.0426. The largest absolute Gasteiger partial charge is 0.311 e. The van der Waals surface area contributed by atoms with Gasteiger partial charge >= 0.3 is 0 Å². The van der Waals surface area contributed by atoms with Crippen molar-refractivity contribution in [2.24, 2.45) is 0 Å². The average Bonchev–Trinajstić information content (AvgIpc) is 0.869. The van der Waals surface area contributed by atoms with E-state index in [0.29, 0.717) is 22.6 Å². The van der Waals surface area contributed by atoms with Gasteiger partial charge in [0.25, 0.3) is 6.71 Å². The molecule has 2 aliphatic heterocycles. The Balaban J connectivity index is 1.04. The smallest absolute Gasteiger partial charge is 0.252 e. The number of rotatable bonds is 10. The minimum atomic E-state index is -0.705. The number of fused-ring (bicyclic) bond motifs is 10. The van der Waals surface area contributed by atoms with E-state index < -0.39 is 78.6 Å². The number of benzene rings is 15. The number of hydrogen-bond acceptors (Lipinski definition) is 2. The second-order valence-electron chi connectivity index (χ2n) is 26.6. The third-order valence-electron chi connectivity index (χ3n) is 19.9. The zero-order valence-corrected chi connectivity index (χ0v) is 54.3. The van der Waals surface area contributed by atoms with Crippen LogP contribution in [0.2, 0.25) is 0 Å². The molecule has 0 aliphatic carbocycles. The third-order valence-corrected chi connectivity index (χ3v) is 19.9. The molecule has 0 amide bonds. The van der Waals surface area contributed by atoms with E-state index >= 15 is 0 Å². The molecule has 0 saturated heterocycles. The summed E-state index contributed by atoms with van der Waals surface area (Å²) >= 11 is 0. The van der Waals surface area contributed by atoms with E-state index in [1.807, 2.05) is 127 Å². The molecule has 0 N–H and O–H groups in total. The van der Waals surface area contributed by atoms with Gasteiger partial charge in [0.1, 0.15) is 0 Å². The van der Waals surface area contributed by atoms with Crippen LogP contribution in [0.25, 0.3) is 122 Å². The number of nitrogens with zero attached hydrogens (tertiary/aromatic N) is 4. The fourth-order valence-corrected chi connectivity index (χ4v) is 15.5. The van der Waals surface area contributed by atoms with Crippen LogP contribution in [0.3, 0.4) is 0 Å². The van der Waals surface area contributed by atoms with Crippen LogP contribution in [-0.2, 0) is 5.41 Å². The minimum Gasteiger partial charge on any atom is -0.311 e. The highest BCUT2D eigenvalue weighted by Crippen LogP contribution is 2.54. The maximum atomic E-state index is 9.87. The predicted octanol–water partition coefficient (Wildman–Crippen LogP) is 23.3. The topological polar surface area (TPSA) is 16.3 Å². The average molecular weight is 1280 g/mol. The maximum Gasteiger partial charge on any atom is 0.252 e. The lowest BCUT2D eigenvalue weighted by Gasteiger charge is -2.45. The zero-order chi connectivity index (χ0) is 77.2. The first-order valence-electron chi connectivity index (χ1n) is 39.9. The van der Waals surface area contributed by atoms with E-state index in [-0.39, 0.29) is 39.5 Å². The Labute approximate surface area is 596 Å². The first-order valence-corrected chi connectivity index (χ1v) is 33.4. The summed E-state index contributed by atoms with van der Waals surface area (Å²) in [5, 5.41) is 1.90. The highest BCUT2D eigenvalue weighted by Gasteiger charge is 2.45. The summed E-state index contributed by atoms with van der Waals surface area (Å²) in [6, 6.07) is 88.1. The van der Waals surface area contributed by atoms with Crippen LogP contribution >= 0.6 is 0 Å². The Morgan fingerprint density at radius 1 is 0.293 bits per heavy atom. The van der Waals surface area contributed by atoms with Crippen molar-refractivity contribution in [3.63, 3.8) is 0 Å². The van der Waals surface area contributed by atoms with E-state index in [1.165, 1.54) is 0 Å². The van der Waals surface area contributed by atoms with Gasteiger partial charge in [-0.25, -0.2) is 0 Å². The summed E-state index contributed by atoms with van der Waals surface area (Å²) in [6.45, 7) is 5.94. The number of anilines is 6. The van der Waals surface area contributed by atoms with Gasteiger partial charge < -0.3 is 18.9 Å². The van der Waals surface area contributed by atoms with E-state index in [1.54, 1.807) is 4.57 Å². The van der Waals surface area contributed by atoms with Crippen LogP contribution in [0.15, 0.2) is 352 Å². The highest BCUT2D eigenvalue weighted by atomic mass is 15.2. The molecule has 15 aromatic carbocycles. The molecule has 2 aliphatic rings. The molecule has 0 unspecified atom stereocenters. The Morgan fingerprint density at radius 2 is 0.788 bits per heavy atom. The van der Waals surface area contributed by atoms with Gasteiger partial charge in [0.15, 0.2) is 0 Å². The fourth-order valence-electron chi connectivity index (χ4n) is 15.5. The Bertz CT molecular complexity index is 6620. The molecular weight excluding hydrogens is 1200 g/mol. The Hall–Kier alpha value is -12.4. The molecule has 0 radical (unpaired) electrons. The van der Waals surface area contributed by atoms with Gasteiger partial charge in [0.05, 0.1) is 45.6 Å². The number of para-hydroxylation sites is 4. The lowest BCUT2D eigenvalue weighted by Crippen LogP contribution is -2.61. The molecule has 0 fully saturated rings. The monoisotopic (exact) mass is 1280 g/mol. The quantitative estimate of drug-likeness (QED) is 0.127. The molecular formula is C94H67BN4. The van der Waals surface area contributed by atoms with Crippen LogP contribution in [0.5, 0.6) is 0 Å². The van der Waals surface area contributed by atoms with Gasteiger partial charge in [-0.05, 0) is 180 Å². The Kier molecular flexibility index (Phi) is 10.7. The van der Waals surface area contributed by atoms with E-state index in [0.717, 1.165) is 128 Å². The molecule has 99 heavy (non-hydrogen) atoms. The van der Waals surface area contributed by atoms with Crippen LogP contribution in [0.1, 0.15) is 44.2 Å². The van der Waals surface area contributed by atoms with Gasteiger partial charge in [-0.2, -0.15) is 0 Å². The third kappa shape index (κ3) is 9.52. The Morgan fingerprint density at radius 3 is 1.39 bits per heavy atom. The standard InChI is InChI=1S/C94H67BN4/c1-94(2,3)71-59-79(65-35-16-7-17-36-65)93(80(60-71)66-37-18-8-19-38-66)99-88-61-73(97-83-45-25-22-41-76(83)77-42-23-26-46-84(77)97)50-52-82(88)95-81-51-49-67(62-29-10-4-11-30-62)56-87(81)98(74-54-68(63-31-12-5-13-32-63)53-69(55-74)64-33-14-6-15-34-64)89-57-70(58-90(99)92(89)95)75-44-28-48-86-91(75)78-43-24-27-47-85(78)96(86)72-39-20-9-21-40-72/h4-61H,1-3H3/i4D,10D,11D,22D,23D,25D,26D,29D,30D,41D,42D,45D,46D. The molecule has 19 rings (SSSR count). The molecule has 17 aromatic rings. The van der Waals surface area contributed by atoms with Crippen molar-refractivity contribution in [1.82, 2.24) is 9.13 Å². The van der Waals surface area contributed by atoms with E-state index in [9.17, 15) is 11.0 Å². The second-order valence-corrected chi connectivity index (χ2v) is 26.6. The normalized spacial score (nSPS) is 14.4. The van der Waals surface area contributed by atoms with Gasteiger partial charge in [-0.1, -0.05) is 275 Å². The molecule has 4 nitrogen and oxygen atoms in total. The summed E-state index contributed by atoms with van der Waals surface area (Å²) < 4.78 is 126. The van der Waals surface area contributed by atoms with Gasteiger partial charge in [-0.3, -0.25) is 0 Å². The van der Waals surface area contributed by atoms with E-state index in [2.05, 4.69) is 181 Å². The first-order chi connectivity index (χ1) is 54.2. The number of aromatic nitrogens is 2. The van der Waals surface area contributed by atoms with Crippen molar-refractivity contribution >= 4 is 101 Å². The maximum absolute atomic E-state index is 9.87. The van der Waals surface area contributed by atoms with Crippen molar-refractivity contribution in [3.05, 3.63) is 357 Å². The van der Waals surface area contributed by atoms with Crippen LogP contribution < -0.4 is 26.2 Å². The summed E-state index contributed by atoms with van der Waals surface area (Å²) in [5.41, 5.74) is 20.2. The van der Waals surface area contributed by atoms with Crippen LogP contribution in [-0.4, -0.2) is 15.8 Å². The van der Waals surface area contributed by atoms with Gasteiger partial charge in [0, 0.05) is 72.5 Å². The molecule has 4 heterocycles. The predicted molar refractivity (Wildman–Crippen MR) is 420 cm³/mol. The summed E-state index contributed by atoms with van der Waals surface area (Å²) in [4.78, 5) is 4.66. The number of hydrogen-bond donors (Lipinski definition) is 0.